The highest BCUT2D eigenvalue weighted by Gasteiger charge is 2.46. The van der Waals surface area contributed by atoms with Gasteiger partial charge >= 0.3 is 0 Å². The Balaban J connectivity index is 2.03. The molecule has 5 nitrogen and oxygen atoms in total. The van der Waals surface area contributed by atoms with Crippen molar-refractivity contribution in [1.29, 1.82) is 0 Å². The van der Waals surface area contributed by atoms with Crippen molar-refractivity contribution in [2.45, 2.75) is 41.2 Å². The summed E-state index contributed by atoms with van der Waals surface area (Å²) in [5.41, 5.74) is 1.44. The minimum Gasteiger partial charge on any atom is -0.489 e. The Kier molecular flexibility index (Phi) is 5.96. The van der Waals surface area contributed by atoms with Crippen LogP contribution in [-0.4, -0.2) is 24.9 Å². The highest BCUT2D eigenvalue weighted by molar-refractivity contribution is 6.20. The summed E-state index contributed by atoms with van der Waals surface area (Å²) in [7, 11) is 0. The van der Waals surface area contributed by atoms with Gasteiger partial charge in [-0.1, -0.05) is 44.2 Å². The van der Waals surface area contributed by atoms with Gasteiger partial charge in [0.05, 0.1) is 11.4 Å². The zero-order valence-electron chi connectivity index (χ0n) is 17.9. The van der Waals surface area contributed by atoms with Crippen molar-refractivity contribution in [3.63, 3.8) is 0 Å². The molecular formula is C24H30N2O3. The van der Waals surface area contributed by atoms with Crippen LogP contribution in [0.25, 0.3) is 0 Å². The van der Waals surface area contributed by atoms with Gasteiger partial charge < -0.3 is 14.5 Å². The maximum Gasteiger partial charge on any atom is 0.242 e. The lowest BCUT2D eigenvalue weighted by Crippen LogP contribution is -2.49. The third-order valence-electron chi connectivity index (χ3n) is 5.20. The van der Waals surface area contributed by atoms with E-state index in [1.165, 1.54) is 0 Å². The Morgan fingerprint density at radius 1 is 0.931 bits per heavy atom. The van der Waals surface area contributed by atoms with Crippen LogP contribution in [0.2, 0.25) is 0 Å². The molecular weight excluding hydrogens is 364 g/mol. The number of hydrogen-bond acceptors (Lipinski definition) is 3. The lowest BCUT2D eigenvalue weighted by Gasteiger charge is -2.29. The number of amides is 2. The van der Waals surface area contributed by atoms with Gasteiger partial charge in [0.15, 0.2) is 0 Å². The molecule has 3 rings (SSSR count). The van der Waals surface area contributed by atoms with Gasteiger partial charge in [-0.3, -0.25) is 9.59 Å². The van der Waals surface area contributed by atoms with Crippen molar-refractivity contribution in [2.24, 2.45) is 11.3 Å². The molecule has 0 unspecified atom stereocenters. The third-order valence-corrected chi connectivity index (χ3v) is 5.20. The predicted octanol–water partition coefficient (Wildman–Crippen LogP) is 4.65. The first-order valence-corrected chi connectivity index (χ1v) is 10.2. The van der Waals surface area contributed by atoms with E-state index in [0.29, 0.717) is 25.4 Å². The molecule has 0 aromatic heterocycles. The molecule has 0 N–H and O–H groups in total. The molecule has 0 spiro atoms. The van der Waals surface area contributed by atoms with Gasteiger partial charge in [0.25, 0.3) is 0 Å². The van der Waals surface area contributed by atoms with Crippen LogP contribution in [0.1, 0.15) is 40.2 Å². The molecule has 0 bridgehead atoms. The van der Waals surface area contributed by atoms with Crippen molar-refractivity contribution < 1.29 is 14.3 Å². The fourth-order valence-corrected chi connectivity index (χ4v) is 3.62. The van der Waals surface area contributed by atoms with E-state index in [1.807, 2.05) is 55.5 Å². The summed E-state index contributed by atoms with van der Waals surface area (Å²) in [5.74, 6) is 0.598. The Labute approximate surface area is 173 Å². The first kappa shape index (κ1) is 20.9. The number of anilines is 2. The summed E-state index contributed by atoms with van der Waals surface area (Å²) in [6, 6.07) is 15.6. The second-order valence-corrected chi connectivity index (χ2v) is 8.41. The maximum absolute atomic E-state index is 13.4. The van der Waals surface area contributed by atoms with Gasteiger partial charge in [-0.05, 0) is 44.4 Å². The van der Waals surface area contributed by atoms with Crippen molar-refractivity contribution in [3.05, 3.63) is 54.1 Å². The molecule has 1 aliphatic heterocycles. The van der Waals surface area contributed by atoms with Crippen molar-refractivity contribution in [1.82, 2.24) is 0 Å². The van der Waals surface area contributed by atoms with Crippen LogP contribution >= 0.6 is 0 Å². The van der Waals surface area contributed by atoms with E-state index in [-0.39, 0.29) is 17.7 Å². The summed E-state index contributed by atoms with van der Waals surface area (Å²) >= 11 is 0. The number of fused-ring (bicyclic) bond motifs is 1. The SMILES string of the molecule is CCN1C(=O)C(C)(C)C(=O)N(CC(C)C)c2cc(OCc3ccccc3)ccc21. The number of ether oxygens (including phenoxy) is 1. The first-order valence-electron chi connectivity index (χ1n) is 10.2. The van der Waals surface area contributed by atoms with Crippen LogP contribution in [0.15, 0.2) is 48.5 Å². The number of benzene rings is 2. The monoisotopic (exact) mass is 394 g/mol. The lowest BCUT2D eigenvalue weighted by atomic mass is 9.89. The van der Waals surface area contributed by atoms with Crippen LogP contribution in [0.4, 0.5) is 11.4 Å². The molecule has 1 aliphatic rings. The van der Waals surface area contributed by atoms with Crippen LogP contribution < -0.4 is 14.5 Å². The maximum atomic E-state index is 13.4. The van der Waals surface area contributed by atoms with E-state index in [0.717, 1.165) is 16.9 Å². The van der Waals surface area contributed by atoms with Crippen LogP contribution in [-0.2, 0) is 16.2 Å². The number of rotatable bonds is 6. The van der Waals surface area contributed by atoms with Crippen LogP contribution in [0.3, 0.4) is 0 Å². The minimum atomic E-state index is -1.12. The van der Waals surface area contributed by atoms with E-state index in [4.69, 9.17) is 4.74 Å². The highest BCUT2D eigenvalue weighted by atomic mass is 16.5. The molecule has 0 saturated carbocycles. The van der Waals surface area contributed by atoms with E-state index < -0.39 is 5.41 Å². The van der Waals surface area contributed by atoms with Gasteiger partial charge in [0, 0.05) is 19.2 Å². The standard InChI is InChI=1S/C24H30N2O3/c1-6-25-20-13-12-19(29-16-18-10-8-7-9-11-18)14-21(20)26(15-17(2)3)23(28)24(4,5)22(25)27/h7-14,17H,6,15-16H2,1-5H3. The van der Waals surface area contributed by atoms with Gasteiger partial charge in [0.1, 0.15) is 17.8 Å². The van der Waals surface area contributed by atoms with Crippen molar-refractivity contribution >= 4 is 23.2 Å². The van der Waals surface area contributed by atoms with Gasteiger partial charge in [-0.2, -0.15) is 0 Å². The largest absolute Gasteiger partial charge is 0.489 e. The molecule has 0 saturated heterocycles. The van der Waals surface area contributed by atoms with E-state index in [9.17, 15) is 9.59 Å². The predicted molar refractivity (Wildman–Crippen MR) is 116 cm³/mol. The average Bonchev–Trinajstić information content (AvgIpc) is 2.76. The van der Waals surface area contributed by atoms with Crippen LogP contribution in [0, 0.1) is 11.3 Å². The van der Waals surface area contributed by atoms with Gasteiger partial charge in [0.2, 0.25) is 11.8 Å². The molecule has 2 aromatic carbocycles. The average molecular weight is 395 g/mol. The molecule has 1 heterocycles. The van der Waals surface area contributed by atoms with E-state index in [2.05, 4.69) is 13.8 Å². The van der Waals surface area contributed by atoms with Gasteiger partial charge in [-0.15, -0.1) is 0 Å². The van der Waals surface area contributed by atoms with E-state index in [1.54, 1.807) is 23.6 Å². The molecule has 154 valence electrons. The number of hydrogen-bond donors (Lipinski definition) is 0. The molecule has 0 radical (unpaired) electrons. The third kappa shape index (κ3) is 4.14. The summed E-state index contributed by atoms with van der Waals surface area (Å²) in [4.78, 5) is 30.0. The summed E-state index contributed by atoms with van der Waals surface area (Å²) in [6.45, 7) is 11.0. The fourth-order valence-electron chi connectivity index (χ4n) is 3.62. The van der Waals surface area contributed by atoms with E-state index >= 15 is 0 Å². The lowest BCUT2D eigenvalue weighted by molar-refractivity contribution is -0.137. The minimum absolute atomic E-state index is 0.171. The topological polar surface area (TPSA) is 49.9 Å². The molecule has 0 atom stereocenters. The summed E-state index contributed by atoms with van der Waals surface area (Å²) in [5, 5.41) is 0. The Morgan fingerprint density at radius 3 is 2.21 bits per heavy atom. The zero-order valence-corrected chi connectivity index (χ0v) is 17.9. The number of nitrogens with zero attached hydrogens (tertiary/aromatic N) is 2. The highest BCUT2D eigenvalue weighted by Crippen LogP contribution is 2.41. The number of carbonyl (C=O) groups is 2. The normalized spacial score (nSPS) is 16.1. The smallest absolute Gasteiger partial charge is 0.242 e. The molecule has 2 aromatic rings. The first-order chi connectivity index (χ1) is 13.8. The molecule has 5 heteroatoms. The molecule has 0 aliphatic carbocycles. The zero-order chi connectivity index (χ0) is 21.2. The molecule has 0 fully saturated rings. The summed E-state index contributed by atoms with van der Waals surface area (Å²) in [6.07, 6.45) is 0. The Hall–Kier alpha value is -2.82. The second-order valence-electron chi connectivity index (χ2n) is 8.41. The van der Waals surface area contributed by atoms with Crippen molar-refractivity contribution in [3.8, 4) is 5.75 Å². The Bertz CT molecular complexity index is 890. The fraction of sp³-hybridized carbons (Fsp3) is 0.417. The van der Waals surface area contributed by atoms with Crippen LogP contribution in [0.5, 0.6) is 5.75 Å². The number of carbonyl (C=O) groups excluding carboxylic acids is 2. The van der Waals surface area contributed by atoms with Gasteiger partial charge in [-0.25, -0.2) is 0 Å². The second kappa shape index (κ2) is 8.27. The Morgan fingerprint density at radius 2 is 1.59 bits per heavy atom. The molecule has 29 heavy (non-hydrogen) atoms. The quantitative estimate of drug-likeness (QED) is 0.670. The molecule has 2 amide bonds. The van der Waals surface area contributed by atoms with Crippen molar-refractivity contribution in [2.75, 3.05) is 22.9 Å². The summed E-state index contributed by atoms with van der Waals surface area (Å²) < 4.78 is 5.99.